The van der Waals surface area contributed by atoms with Gasteiger partial charge in [-0.3, -0.25) is 9.59 Å². The zero-order chi connectivity index (χ0) is 20.0. The van der Waals surface area contributed by atoms with Crippen molar-refractivity contribution in [2.45, 2.75) is 26.1 Å². The van der Waals surface area contributed by atoms with E-state index in [2.05, 4.69) is 20.4 Å². The maximum atomic E-state index is 12.3. The molecule has 0 aliphatic heterocycles. The Bertz CT molecular complexity index is 805. The number of alkyl halides is 3. The molecule has 2 N–H and O–H groups in total. The first-order valence-electron chi connectivity index (χ1n) is 8.02. The maximum absolute atomic E-state index is 12.3. The predicted molar refractivity (Wildman–Crippen MR) is 92.8 cm³/mol. The number of carbonyl (C=O) groups is 2. The highest BCUT2D eigenvalue weighted by atomic mass is 19.4. The molecule has 2 aromatic rings. The molecule has 1 aromatic carbocycles. The molecule has 27 heavy (non-hydrogen) atoms. The number of nitrogens with one attached hydrogen (secondary N) is 2. The highest BCUT2D eigenvalue weighted by Gasteiger charge is 2.28. The fraction of sp³-hybridized carbons (Fsp3) is 0.278. The summed E-state index contributed by atoms with van der Waals surface area (Å²) in [6, 6.07) is 8.84. The van der Waals surface area contributed by atoms with Crippen LogP contribution in [0, 0.1) is 0 Å². The van der Waals surface area contributed by atoms with Gasteiger partial charge in [0.05, 0.1) is 16.8 Å². The average Bonchev–Trinajstić information content (AvgIpc) is 2.59. The molecule has 2 amide bonds. The molecule has 1 aromatic heterocycles. The van der Waals surface area contributed by atoms with Crippen molar-refractivity contribution in [2.75, 3.05) is 11.9 Å². The largest absolute Gasteiger partial charge is 0.468 e. The van der Waals surface area contributed by atoms with Gasteiger partial charge in [-0.15, -0.1) is 0 Å². The fourth-order valence-electron chi connectivity index (χ4n) is 2.08. The highest BCUT2D eigenvalue weighted by Crippen LogP contribution is 2.19. The van der Waals surface area contributed by atoms with Crippen molar-refractivity contribution in [3.05, 3.63) is 53.7 Å². The molecule has 2 rings (SSSR count). The number of halogens is 3. The molecule has 0 radical (unpaired) electrons. The van der Waals surface area contributed by atoms with Crippen molar-refractivity contribution in [1.82, 2.24) is 10.3 Å². The molecule has 144 valence electrons. The molecule has 1 heterocycles. The minimum Gasteiger partial charge on any atom is -0.468 e. The monoisotopic (exact) mass is 381 g/mol. The Morgan fingerprint density at radius 1 is 1.11 bits per heavy atom. The van der Waals surface area contributed by atoms with E-state index in [1.807, 2.05) is 13.8 Å². The smallest absolute Gasteiger partial charge is 0.422 e. The second kappa shape index (κ2) is 8.52. The van der Waals surface area contributed by atoms with Crippen molar-refractivity contribution in [3.8, 4) is 5.88 Å². The van der Waals surface area contributed by atoms with Crippen LogP contribution < -0.4 is 15.4 Å². The maximum Gasteiger partial charge on any atom is 0.422 e. The lowest BCUT2D eigenvalue weighted by Crippen LogP contribution is -2.31. The first-order chi connectivity index (χ1) is 12.7. The number of ether oxygens (including phenoxy) is 1. The molecular formula is C18H18F3N3O3. The van der Waals surface area contributed by atoms with Crippen molar-refractivity contribution >= 4 is 17.5 Å². The zero-order valence-electron chi connectivity index (χ0n) is 14.6. The summed E-state index contributed by atoms with van der Waals surface area (Å²) in [7, 11) is 0. The highest BCUT2D eigenvalue weighted by molar-refractivity contribution is 6.08. The summed E-state index contributed by atoms with van der Waals surface area (Å²) >= 11 is 0. The number of aromatic nitrogens is 1. The van der Waals surface area contributed by atoms with Crippen LogP contribution in [0.4, 0.5) is 18.9 Å². The van der Waals surface area contributed by atoms with Crippen LogP contribution in [0.1, 0.15) is 34.6 Å². The molecule has 9 heteroatoms. The lowest BCUT2D eigenvalue weighted by atomic mass is 10.1. The van der Waals surface area contributed by atoms with Gasteiger partial charge in [-0.1, -0.05) is 12.1 Å². The summed E-state index contributed by atoms with van der Waals surface area (Å²) in [4.78, 5) is 28.2. The van der Waals surface area contributed by atoms with E-state index in [9.17, 15) is 22.8 Å². The Morgan fingerprint density at radius 2 is 1.81 bits per heavy atom. The standard InChI is InChI=1S/C18H18F3N3O3/c1-11(2)23-17(26)13-5-3-4-6-14(13)24-16(25)12-7-8-15(22-9-12)27-10-18(19,20)21/h3-9,11H,10H2,1-2H3,(H,23,26)(H,24,25). The van der Waals surface area contributed by atoms with E-state index in [0.29, 0.717) is 5.69 Å². The van der Waals surface area contributed by atoms with E-state index >= 15 is 0 Å². The third-order valence-electron chi connectivity index (χ3n) is 3.22. The summed E-state index contributed by atoms with van der Waals surface area (Å²) in [5.74, 6) is -1.15. The molecule has 0 spiro atoms. The lowest BCUT2D eigenvalue weighted by molar-refractivity contribution is -0.154. The Balaban J connectivity index is 2.08. The van der Waals surface area contributed by atoms with Crippen LogP contribution in [-0.4, -0.2) is 35.6 Å². The topological polar surface area (TPSA) is 80.3 Å². The van der Waals surface area contributed by atoms with Gasteiger partial charge < -0.3 is 15.4 Å². The van der Waals surface area contributed by atoms with E-state index < -0.39 is 18.7 Å². The second-order valence-corrected chi connectivity index (χ2v) is 5.92. The molecule has 0 atom stereocenters. The van der Waals surface area contributed by atoms with Gasteiger partial charge in [-0.2, -0.15) is 13.2 Å². The van der Waals surface area contributed by atoms with Gasteiger partial charge in [0.15, 0.2) is 6.61 Å². The SMILES string of the molecule is CC(C)NC(=O)c1ccccc1NC(=O)c1ccc(OCC(F)(F)F)nc1. The molecule has 0 aliphatic rings. The summed E-state index contributed by atoms with van der Waals surface area (Å²) in [6.07, 6.45) is -3.38. The lowest BCUT2D eigenvalue weighted by Gasteiger charge is -2.13. The minimum absolute atomic E-state index is 0.0744. The van der Waals surface area contributed by atoms with Crippen LogP contribution in [0.2, 0.25) is 0 Å². The number of hydrogen-bond donors (Lipinski definition) is 2. The first kappa shape index (κ1) is 20.2. The normalized spacial score (nSPS) is 11.2. The number of anilines is 1. The van der Waals surface area contributed by atoms with Crippen molar-refractivity contribution in [1.29, 1.82) is 0 Å². The zero-order valence-corrected chi connectivity index (χ0v) is 14.6. The third-order valence-corrected chi connectivity index (χ3v) is 3.22. The Hall–Kier alpha value is -3.10. The second-order valence-electron chi connectivity index (χ2n) is 5.92. The molecule has 0 unspecified atom stereocenters. The number of pyridine rings is 1. The van der Waals surface area contributed by atoms with Gasteiger partial charge in [0.2, 0.25) is 5.88 Å². The van der Waals surface area contributed by atoms with E-state index in [4.69, 9.17) is 0 Å². The molecule has 0 bridgehead atoms. The minimum atomic E-state index is -4.47. The van der Waals surface area contributed by atoms with Gasteiger partial charge in [0.1, 0.15) is 0 Å². The van der Waals surface area contributed by atoms with Crippen molar-refractivity contribution < 1.29 is 27.5 Å². The van der Waals surface area contributed by atoms with Crippen LogP contribution in [0.25, 0.3) is 0 Å². The van der Waals surface area contributed by atoms with E-state index in [1.54, 1.807) is 24.3 Å². The van der Waals surface area contributed by atoms with Crippen molar-refractivity contribution in [3.63, 3.8) is 0 Å². The predicted octanol–water partition coefficient (Wildman–Crippen LogP) is 3.41. The molecule has 0 saturated heterocycles. The van der Waals surface area contributed by atoms with Crippen LogP contribution in [0.5, 0.6) is 5.88 Å². The van der Waals surface area contributed by atoms with E-state index in [0.717, 1.165) is 12.3 Å². The molecule has 0 fully saturated rings. The van der Waals surface area contributed by atoms with Gasteiger partial charge in [0.25, 0.3) is 11.8 Å². The number of nitrogens with zero attached hydrogens (tertiary/aromatic N) is 1. The fourth-order valence-corrected chi connectivity index (χ4v) is 2.08. The van der Waals surface area contributed by atoms with Crippen LogP contribution >= 0.6 is 0 Å². The summed E-state index contributed by atoms with van der Waals surface area (Å²) in [6.45, 7) is 2.16. The van der Waals surface area contributed by atoms with Crippen molar-refractivity contribution in [2.24, 2.45) is 0 Å². The third kappa shape index (κ3) is 6.28. The van der Waals surface area contributed by atoms with E-state index in [1.165, 1.54) is 6.07 Å². The Labute approximate surface area is 153 Å². The molecule has 6 nitrogen and oxygen atoms in total. The van der Waals surface area contributed by atoms with Crippen LogP contribution in [0.3, 0.4) is 0 Å². The number of para-hydroxylation sites is 1. The Morgan fingerprint density at radius 3 is 2.41 bits per heavy atom. The number of amides is 2. The average molecular weight is 381 g/mol. The quantitative estimate of drug-likeness (QED) is 0.804. The molecule has 0 aliphatic carbocycles. The van der Waals surface area contributed by atoms with Gasteiger partial charge >= 0.3 is 6.18 Å². The van der Waals surface area contributed by atoms with Gasteiger partial charge in [-0.25, -0.2) is 4.98 Å². The number of benzene rings is 1. The molecule has 0 saturated carbocycles. The van der Waals surface area contributed by atoms with Crippen LogP contribution in [0.15, 0.2) is 42.6 Å². The number of carbonyl (C=O) groups excluding carboxylic acids is 2. The summed E-state index contributed by atoms with van der Waals surface area (Å²) < 4.78 is 40.9. The number of hydrogen-bond acceptors (Lipinski definition) is 4. The first-order valence-corrected chi connectivity index (χ1v) is 8.02. The van der Waals surface area contributed by atoms with Gasteiger partial charge in [0, 0.05) is 18.3 Å². The molecular weight excluding hydrogens is 363 g/mol. The van der Waals surface area contributed by atoms with E-state index in [-0.39, 0.29) is 29.0 Å². The van der Waals surface area contributed by atoms with Gasteiger partial charge in [-0.05, 0) is 32.0 Å². The number of rotatable bonds is 6. The Kier molecular flexibility index (Phi) is 6.38. The van der Waals surface area contributed by atoms with Crippen LogP contribution in [-0.2, 0) is 0 Å². The summed E-state index contributed by atoms with van der Waals surface area (Å²) in [5.41, 5.74) is 0.698. The summed E-state index contributed by atoms with van der Waals surface area (Å²) in [5, 5.41) is 5.33.